The van der Waals surface area contributed by atoms with Gasteiger partial charge in [0.25, 0.3) is 5.91 Å². The maximum absolute atomic E-state index is 13.4. The number of nitrogens with two attached hydrogens (primary N) is 1. The summed E-state index contributed by atoms with van der Waals surface area (Å²) in [5, 5.41) is -0.296. The molecule has 1 amide bonds. The first-order chi connectivity index (χ1) is 17.8. The molecule has 10 nitrogen and oxygen atoms in total. The van der Waals surface area contributed by atoms with Crippen LogP contribution in [0.3, 0.4) is 0 Å². The molecule has 2 aromatic heterocycles. The summed E-state index contributed by atoms with van der Waals surface area (Å²) in [4.78, 5) is 23.0. The molecule has 38 heavy (non-hydrogen) atoms. The molecule has 3 aromatic rings. The van der Waals surface area contributed by atoms with E-state index in [0.717, 1.165) is 6.07 Å². The van der Waals surface area contributed by atoms with Gasteiger partial charge < -0.3 is 19.8 Å². The van der Waals surface area contributed by atoms with Crippen LogP contribution in [0.15, 0.2) is 28.7 Å². The number of ether oxygens (including phenoxy) is 1. The number of carbonyl (C=O) groups excluding carboxylic acids is 1. The number of rotatable bonds is 6. The number of pyridine rings is 1. The summed E-state index contributed by atoms with van der Waals surface area (Å²) in [5.74, 6) is -0.273. The maximum Gasteiger partial charge on any atom is 0.433 e. The number of benzene rings is 1. The van der Waals surface area contributed by atoms with Crippen molar-refractivity contribution in [3.05, 3.63) is 41.4 Å². The Labute approximate surface area is 217 Å². The van der Waals surface area contributed by atoms with Crippen LogP contribution in [0.2, 0.25) is 0 Å². The highest BCUT2D eigenvalue weighted by Crippen LogP contribution is 2.37. The zero-order chi connectivity index (χ0) is 28.0. The van der Waals surface area contributed by atoms with Crippen LogP contribution in [0.1, 0.15) is 48.8 Å². The first-order valence-corrected chi connectivity index (χ1v) is 13.4. The van der Waals surface area contributed by atoms with Crippen molar-refractivity contribution in [2.75, 3.05) is 33.3 Å². The van der Waals surface area contributed by atoms with Gasteiger partial charge in [0.05, 0.1) is 18.4 Å². The van der Waals surface area contributed by atoms with Crippen molar-refractivity contribution < 1.29 is 35.5 Å². The number of alkyl halides is 3. The standard InChI is InChI=1S/C24H28F3N5O5S/c1-13(2)38(34,35)32-11-9-31(10-12-32)23(33)20-21(14(3)28)37-22(30-20)16-5-7-17(36-4)19-15(16)6-8-18(29-19)24(25,26)27/h5-8,13-14H,9-12,28H2,1-4H3/t14-/m0/s1. The zero-order valence-electron chi connectivity index (χ0n) is 21.2. The van der Waals surface area contributed by atoms with E-state index in [-0.39, 0.29) is 60.2 Å². The lowest BCUT2D eigenvalue weighted by Gasteiger charge is -2.34. The third kappa shape index (κ3) is 5.07. The minimum Gasteiger partial charge on any atom is -0.494 e. The summed E-state index contributed by atoms with van der Waals surface area (Å²) in [6, 6.07) is 4.36. The topological polar surface area (TPSA) is 132 Å². The fraction of sp³-hybridized carbons (Fsp3) is 0.458. The predicted octanol–water partition coefficient (Wildman–Crippen LogP) is 3.43. The van der Waals surface area contributed by atoms with Crippen LogP contribution in [-0.2, 0) is 16.2 Å². The number of piperazine rings is 1. The normalized spacial score (nSPS) is 16.3. The van der Waals surface area contributed by atoms with Crippen molar-refractivity contribution >= 4 is 26.8 Å². The van der Waals surface area contributed by atoms with E-state index in [1.807, 2.05) is 0 Å². The molecule has 0 bridgehead atoms. The number of aromatic nitrogens is 2. The lowest BCUT2D eigenvalue weighted by atomic mass is 10.1. The van der Waals surface area contributed by atoms with Gasteiger partial charge >= 0.3 is 6.18 Å². The van der Waals surface area contributed by atoms with E-state index in [1.54, 1.807) is 26.8 Å². The quantitative estimate of drug-likeness (QED) is 0.489. The number of fused-ring (bicyclic) bond motifs is 1. The summed E-state index contributed by atoms with van der Waals surface area (Å²) >= 11 is 0. The van der Waals surface area contributed by atoms with Crippen LogP contribution in [-0.4, -0.2) is 72.0 Å². The van der Waals surface area contributed by atoms with E-state index in [0.29, 0.717) is 5.56 Å². The Morgan fingerprint density at radius 1 is 1.08 bits per heavy atom. The molecule has 0 unspecified atom stereocenters. The number of oxazole rings is 1. The number of hydrogen-bond donors (Lipinski definition) is 1. The van der Waals surface area contributed by atoms with Gasteiger partial charge in [0.1, 0.15) is 17.0 Å². The highest BCUT2D eigenvalue weighted by atomic mass is 32.2. The number of sulfonamides is 1. The van der Waals surface area contributed by atoms with Crippen molar-refractivity contribution in [1.82, 2.24) is 19.2 Å². The average molecular weight is 556 g/mol. The van der Waals surface area contributed by atoms with Crippen molar-refractivity contribution in [1.29, 1.82) is 0 Å². The first kappa shape index (κ1) is 27.8. The van der Waals surface area contributed by atoms with E-state index in [4.69, 9.17) is 14.9 Å². The van der Waals surface area contributed by atoms with E-state index in [9.17, 15) is 26.4 Å². The molecule has 14 heteroatoms. The monoisotopic (exact) mass is 555 g/mol. The molecule has 0 radical (unpaired) electrons. The van der Waals surface area contributed by atoms with Gasteiger partial charge in [-0.3, -0.25) is 4.79 Å². The van der Waals surface area contributed by atoms with Gasteiger partial charge in [-0.2, -0.15) is 17.5 Å². The third-order valence-corrected chi connectivity index (χ3v) is 8.59. The fourth-order valence-corrected chi connectivity index (χ4v) is 5.47. The summed E-state index contributed by atoms with van der Waals surface area (Å²) in [6.45, 7) is 5.39. The molecule has 206 valence electrons. The molecule has 0 spiro atoms. The van der Waals surface area contributed by atoms with Crippen LogP contribution >= 0.6 is 0 Å². The maximum atomic E-state index is 13.4. The fourth-order valence-electron chi connectivity index (χ4n) is 4.20. The minimum atomic E-state index is -4.65. The Morgan fingerprint density at radius 3 is 2.29 bits per heavy atom. The molecule has 4 rings (SSSR count). The van der Waals surface area contributed by atoms with E-state index in [2.05, 4.69) is 9.97 Å². The Bertz CT molecular complexity index is 1460. The van der Waals surface area contributed by atoms with Crippen LogP contribution in [0.4, 0.5) is 13.2 Å². The smallest absolute Gasteiger partial charge is 0.433 e. The molecule has 1 saturated heterocycles. The van der Waals surface area contributed by atoms with Gasteiger partial charge in [-0.15, -0.1) is 0 Å². The summed E-state index contributed by atoms with van der Waals surface area (Å²) in [6.07, 6.45) is -4.65. The second-order valence-electron chi connectivity index (χ2n) is 9.21. The van der Waals surface area contributed by atoms with Gasteiger partial charge in [0.15, 0.2) is 11.5 Å². The molecule has 1 atom stereocenters. The van der Waals surface area contributed by atoms with Gasteiger partial charge in [-0.1, -0.05) is 0 Å². The second-order valence-corrected chi connectivity index (χ2v) is 11.7. The molecule has 1 fully saturated rings. The van der Waals surface area contributed by atoms with Crippen LogP contribution in [0.5, 0.6) is 5.75 Å². The Balaban J connectivity index is 1.71. The number of amides is 1. The number of halogens is 3. The highest BCUT2D eigenvalue weighted by Gasteiger charge is 2.35. The molecule has 2 N–H and O–H groups in total. The molecular weight excluding hydrogens is 527 g/mol. The second kappa shape index (κ2) is 10.2. The van der Waals surface area contributed by atoms with Crippen molar-refractivity contribution in [2.45, 2.75) is 38.2 Å². The lowest BCUT2D eigenvalue weighted by molar-refractivity contribution is -0.140. The lowest BCUT2D eigenvalue weighted by Crippen LogP contribution is -2.52. The van der Waals surface area contributed by atoms with Gasteiger partial charge in [-0.05, 0) is 45.0 Å². The van der Waals surface area contributed by atoms with Gasteiger partial charge in [0.2, 0.25) is 15.9 Å². The van der Waals surface area contributed by atoms with Crippen molar-refractivity contribution in [2.24, 2.45) is 5.73 Å². The number of hydrogen-bond acceptors (Lipinski definition) is 8. The Hall–Kier alpha value is -3.23. The van der Waals surface area contributed by atoms with Crippen LogP contribution < -0.4 is 10.5 Å². The average Bonchev–Trinajstić information content (AvgIpc) is 3.32. The highest BCUT2D eigenvalue weighted by molar-refractivity contribution is 7.89. The summed E-state index contributed by atoms with van der Waals surface area (Å²) < 4.78 is 77.2. The van der Waals surface area contributed by atoms with Crippen LogP contribution in [0.25, 0.3) is 22.4 Å². The molecular formula is C24H28F3N5O5S. The summed E-state index contributed by atoms with van der Waals surface area (Å²) in [7, 11) is -2.13. The third-order valence-electron chi connectivity index (χ3n) is 6.31. The predicted molar refractivity (Wildman–Crippen MR) is 133 cm³/mol. The molecule has 1 aliphatic rings. The number of nitrogens with zero attached hydrogens (tertiary/aromatic N) is 4. The number of methoxy groups -OCH3 is 1. The summed E-state index contributed by atoms with van der Waals surface area (Å²) in [5.41, 5.74) is 5.19. The Morgan fingerprint density at radius 2 is 1.74 bits per heavy atom. The molecule has 0 aliphatic carbocycles. The van der Waals surface area contributed by atoms with Gasteiger partial charge in [-0.25, -0.2) is 18.4 Å². The number of carbonyl (C=O) groups is 1. The van der Waals surface area contributed by atoms with Crippen molar-refractivity contribution in [3.63, 3.8) is 0 Å². The SMILES string of the molecule is COc1ccc(-c2nc(C(=O)N3CCN(S(=O)(=O)C(C)C)CC3)c([C@H](C)N)o2)c2ccc(C(F)(F)F)nc12. The van der Waals surface area contributed by atoms with Gasteiger partial charge in [0, 0.05) is 37.1 Å². The van der Waals surface area contributed by atoms with Crippen LogP contribution in [0, 0.1) is 0 Å². The molecule has 0 saturated carbocycles. The Kier molecular flexibility index (Phi) is 7.43. The largest absolute Gasteiger partial charge is 0.494 e. The zero-order valence-corrected chi connectivity index (χ0v) is 22.1. The van der Waals surface area contributed by atoms with Crippen molar-refractivity contribution in [3.8, 4) is 17.2 Å². The first-order valence-electron chi connectivity index (χ1n) is 11.9. The minimum absolute atomic E-state index is 0.0177. The van der Waals surface area contributed by atoms with E-state index < -0.39 is 39.1 Å². The molecule has 3 heterocycles. The molecule has 1 aliphatic heterocycles. The van der Waals surface area contributed by atoms with E-state index >= 15 is 0 Å². The molecule has 1 aromatic carbocycles. The van der Waals surface area contributed by atoms with E-state index in [1.165, 1.54) is 28.4 Å².